The first-order chi connectivity index (χ1) is 14.8. The van der Waals surface area contributed by atoms with Crippen molar-refractivity contribution < 1.29 is 22.2 Å². The summed E-state index contributed by atoms with van der Waals surface area (Å²) in [6.07, 6.45) is 2.43. The molecule has 3 unspecified atom stereocenters. The molecule has 12 heteroatoms. The molecular weight excluding hydrogens is 509 g/mol. The number of hydrogen-bond donors (Lipinski definition) is 4. The van der Waals surface area contributed by atoms with Gasteiger partial charge in [0.15, 0.2) is 8.32 Å². The lowest BCUT2D eigenvalue weighted by Gasteiger charge is -2.40. The molecule has 0 aromatic rings. The van der Waals surface area contributed by atoms with Gasteiger partial charge in [-0.25, -0.2) is 0 Å². The fraction of sp³-hybridized carbons (Fsp3) is 0.917. The van der Waals surface area contributed by atoms with E-state index in [1.165, 1.54) is 0 Å². The maximum Gasteiger partial charge on any atom is 0.325 e. The summed E-state index contributed by atoms with van der Waals surface area (Å²) in [7, 11) is -4.92. The van der Waals surface area contributed by atoms with Crippen LogP contribution in [0.25, 0.3) is 0 Å². The number of nitrogens with two attached hydrogens (primary N) is 2. The van der Waals surface area contributed by atoms with Crippen LogP contribution in [0.3, 0.4) is 0 Å². The van der Waals surface area contributed by atoms with Crippen molar-refractivity contribution in [3.05, 3.63) is 0 Å². The number of rotatable bonds is 18. The van der Waals surface area contributed by atoms with E-state index in [-0.39, 0.29) is 47.9 Å². The second-order valence-corrected chi connectivity index (χ2v) is 21.4. The molecule has 222 valence electrons. The molecular formula is C24H64N4O5Si3. The quantitative estimate of drug-likeness (QED) is 0.177. The number of amides is 2. The lowest BCUT2D eigenvalue weighted by Crippen LogP contribution is -2.55. The van der Waals surface area contributed by atoms with Crippen LogP contribution in [0, 0.1) is 5.92 Å². The van der Waals surface area contributed by atoms with Gasteiger partial charge in [0.1, 0.15) is 0 Å². The Morgan fingerprint density at radius 2 is 1.36 bits per heavy atom. The van der Waals surface area contributed by atoms with Crippen molar-refractivity contribution in [2.45, 2.75) is 107 Å². The van der Waals surface area contributed by atoms with Crippen molar-refractivity contribution in [3.63, 3.8) is 0 Å². The summed E-state index contributed by atoms with van der Waals surface area (Å²) in [6.45, 7) is 14.4. The van der Waals surface area contributed by atoms with Gasteiger partial charge < -0.3 is 34.8 Å². The van der Waals surface area contributed by atoms with E-state index in [4.69, 9.17) is 24.1 Å². The first-order valence-corrected chi connectivity index (χ1v) is 20.2. The topological polar surface area (TPSA) is 138 Å². The molecule has 0 aromatic carbocycles. The second-order valence-electron chi connectivity index (χ2n) is 9.55. The molecule has 3 atom stereocenters. The molecule has 0 spiro atoms. The van der Waals surface area contributed by atoms with Gasteiger partial charge in [0.05, 0.1) is 0 Å². The first kappa shape index (κ1) is 45.3. The third-order valence-electron chi connectivity index (χ3n) is 4.99. The first-order valence-electron chi connectivity index (χ1n) is 11.7. The zero-order valence-electron chi connectivity index (χ0n) is 21.3. The molecule has 0 fully saturated rings. The van der Waals surface area contributed by atoms with Crippen LogP contribution in [0.2, 0.25) is 44.8 Å². The van der Waals surface area contributed by atoms with Gasteiger partial charge in [-0.3, -0.25) is 9.59 Å². The Morgan fingerprint density at radius 3 is 1.81 bits per heavy atom. The van der Waals surface area contributed by atoms with Gasteiger partial charge in [0.2, 0.25) is 11.8 Å². The minimum absolute atomic E-state index is 0. The van der Waals surface area contributed by atoms with Crippen LogP contribution in [0.1, 0.15) is 62.3 Å². The molecule has 2 amide bonds. The van der Waals surface area contributed by atoms with E-state index in [2.05, 4.69) is 50.3 Å². The molecule has 0 aromatic heterocycles. The van der Waals surface area contributed by atoms with Crippen LogP contribution in [0.5, 0.6) is 0 Å². The fourth-order valence-electron chi connectivity index (χ4n) is 3.72. The standard InChI is InChI=1S/C20H48N4O5Si3.4CH4/c1-8-15-32(7,28-30(3,4)5)29-31(6,27-2)16-9-10-18(20(26)24-14-12-22)17-19(25)23-13-11-21;;;;/h18H,8-17,21-22H2,1-7H3,(H,23,25)(H,24,26);4*1H4. The largest absolute Gasteiger partial charge is 0.437 e. The van der Waals surface area contributed by atoms with Crippen molar-refractivity contribution in [1.82, 2.24) is 10.6 Å². The predicted molar refractivity (Wildman–Crippen MR) is 164 cm³/mol. The van der Waals surface area contributed by atoms with Crippen molar-refractivity contribution in [2.24, 2.45) is 17.4 Å². The molecule has 0 radical (unpaired) electrons. The molecule has 0 heterocycles. The summed E-state index contributed by atoms with van der Waals surface area (Å²) in [5.74, 6) is -0.739. The van der Waals surface area contributed by atoms with Gasteiger partial charge in [0, 0.05) is 45.6 Å². The summed E-state index contributed by atoms with van der Waals surface area (Å²) in [4.78, 5) is 24.8. The normalized spacial score (nSPS) is 14.8. The van der Waals surface area contributed by atoms with Crippen LogP contribution in [0.4, 0.5) is 0 Å². The molecule has 36 heavy (non-hydrogen) atoms. The molecule has 9 nitrogen and oxygen atoms in total. The van der Waals surface area contributed by atoms with Gasteiger partial charge in [-0.15, -0.1) is 0 Å². The van der Waals surface area contributed by atoms with E-state index >= 15 is 0 Å². The Labute approximate surface area is 227 Å². The monoisotopic (exact) mass is 572 g/mol. The van der Waals surface area contributed by atoms with Crippen LogP contribution in [-0.2, 0) is 22.2 Å². The maximum absolute atomic E-state index is 12.6. The van der Waals surface area contributed by atoms with E-state index in [0.717, 1.165) is 24.9 Å². The Morgan fingerprint density at radius 1 is 0.833 bits per heavy atom. The van der Waals surface area contributed by atoms with E-state index in [9.17, 15) is 9.59 Å². The van der Waals surface area contributed by atoms with Crippen molar-refractivity contribution in [3.8, 4) is 0 Å². The molecule has 0 aliphatic carbocycles. The number of carbonyl (C=O) groups excluding carboxylic acids is 2. The highest BCUT2D eigenvalue weighted by atomic mass is 28.5. The lowest BCUT2D eigenvalue weighted by molar-refractivity contribution is -0.130. The SMILES string of the molecule is C.C.C.C.CCC[Si](C)(O[Si](C)(C)C)O[Si](C)(CCCC(CC(=O)NCCN)C(=O)NCCN)OC. The summed E-state index contributed by atoms with van der Waals surface area (Å²) in [5, 5.41) is 5.55. The fourth-order valence-corrected chi connectivity index (χ4v) is 16.6. The molecule has 0 aliphatic heterocycles. The van der Waals surface area contributed by atoms with Crippen molar-refractivity contribution in [2.75, 3.05) is 33.3 Å². The van der Waals surface area contributed by atoms with Crippen LogP contribution in [-0.4, -0.2) is 70.5 Å². The molecule has 6 N–H and O–H groups in total. The van der Waals surface area contributed by atoms with Crippen molar-refractivity contribution >= 4 is 37.3 Å². The van der Waals surface area contributed by atoms with E-state index in [1.54, 1.807) is 7.11 Å². The zero-order valence-corrected chi connectivity index (χ0v) is 24.3. The third-order valence-corrected chi connectivity index (χ3v) is 16.2. The van der Waals surface area contributed by atoms with Crippen LogP contribution >= 0.6 is 0 Å². The lowest BCUT2D eigenvalue weighted by atomic mass is 9.98. The molecule has 0 rings (SSSR count). The van der Waals surface area contributed by atoms with Crippen LogP contribution in [0.15, 0.2) is 0 Å². The highest BCUT2D eigenvalue weighted by molar-refractivity contribution is 6.86. The van der Waals surface area contributed by atoms with Gasteiger partial charge in [-0.2, -0.15) is 0 Å². The van der Waals surface area contributed by atoms with Crippen molar-refractivity contribution in [1.29, 1.82) is 0 Å². The van der Waals surface area contributed by atoms with Gasteiger partial charge in [0.25, 0.3) is 0 Å². The summed E-state index contributed by atoms with van der Waals surface area (Å²) in [6, 6.07) is 1.66. The Balaban J connectivity index is -0.000000801. The van der Waals surface area contributed by atoms with Gasteiger partial charge in [-0.1, -0.05) is 49.5 Å². The summed E-state index contributed by atoms with van der Waals surface area (Å²) >= 11 is 0. The number of carbonyl (C=O) groups is 2. The average molecular weight is 573 g/mol. The minimum Gasteiger partial charge on any atom is -0.437 e. The van der Waals surface area contributed by atoms with Gasteiger partial charge in [-0.05, 0) is 51.2 Å². The molecule has 0 saturated heterocycles. The summed E-state index contributed by atoms with van der Waals surface area (Å²) in [5.41, 5.74) is 11.0. The Hall–Kier alpha value is -0.609. The summed E-state index contributed by atoms with van der Waals surface area (Å²) < 4.78 is 19.1. The molecule has 0 saturated carbocycles. The average Bonchev–Trinajstić information content (AvgIpc) is 2.68. The van der Waals surface area contributed by atoms with Crippen LogP contribution < -0.4 is 22.1 Å². The third kappa shape index (κ3) is 20.4. The minimum atomic E-state index is -2.49. The highest BCUT2D eigenvalue weighted by Gasteiger charge is 2.44. The Kier molecular flexibility index (Phi) is 28.2. The van der Waals surface area contributed by atoms with E-state index in [0.29, 0.717) is 32.6 Å². The molecule has 0 aliphatic rings. The second kappa shape index (κ2) is 22.4. The zero-order chi connectivity index (χ0) is 24.8. The maximum atomic E-state index is 12.6. The Bertz CT molecular complexity index is 570. The predicted octanol–water partition coefficient (Wildman–Crippen LogP) is 4.54. The molecule has 0 bridgehead atoms. The van der Waals surface area contributed by atoms with Gasteiger partial charge >= 0.3 is 17.1 Å². The van der Waals surface area contributed by atoms with E-state index in [1.807, 2.05) is 0 Å². The number of nitrogens with one attached hydrogen (secondary N) is 2. The smallest absolute Gasteiger partial charge is 0.325 e. The highest BCUT2D eigenvalue weighted by Crippen LogP contribution is 2.29. The number of hydrogen-bond acceptors (Lipinski definition) is 7. The van der Waals surface area contributed by atoms with E-state index < -0.39 is 31.4 Å².